The number of aromatic nitrogens is 2. The zero-order valence-corrected chi connectivity index (χ0v) is 16.1. The smallest absolute Gasteiger partial charge is 0.223 e. The Kier molecular flexibility index (Phi) is 7.31. The van der Waals surface area contributed by atoms with Crippen LogP contribution in [-0.2, 0) is 16.1 Å². The average molecular weight is 386 g/mol. The SMILES string of the molecule is CCCO[C@H]1C[C@@H](C(=O)NCc2cccc(F)c2)CC[C@@H]1Nc1ccncn1. The van der Waals surface area contributed by atoms with Crippen LogP contribution in [0.25, 0.3) is 0 Å². The van der Waals surface area contributed by atoms with Gasteiger partial charge in [-0.05, 0) is 49.4 Å². The average Bonchev–Trinajstić information content (AvgIpc) is 2.72. The second kappa shape index (κ2) is 10.1. The van der Waals surface area contributed by atoms with E-state index in [0.29, 0.717) is 19.6 Å². The summed E-state index contributed by atoms with van der Waals surface area (Å²) in [5, 5.41) is 6.35. The number of hydrogen-bond acceptors (Lipinski definition) is 5. The van der Waals surface area contributed by atoms with Gasteiger partial charge in [0.25, 0.3) is 0 Å². The van der Waals surface area contributed by atoms with Gasteiger partial charge in [0.1, 0.15) is 18.0 Å². The van der Waals surface area contributed by atoms with Gasteiger partial charge in [0.2, 0.25) is 5.91 Å². The molecule has 6 nitrogen and oxygen atoms in total. The molecule has 1 aliphatic carbocycles. The van der Waals surface area contributed by atoms with E-state index in [0.717, 1.165) is 30.6 Å². The summed E-state index contributed by atoms with van der Waals surface area (Å²) in [5.74, 6) is 0.351. The molecule has 3 rings (SSSR count). The van der Waals surface area contributed by atoms with Gasteiger partial charge in [0.05, 0.1) is 12.1 Å². The van der Waals surface area contributed by atoms with Gasteiger partial charge in [0.15, 0.2) is 0 Å². The van der Waals surface area contributed by atoms with Gasteiger partial charge in [-0.1, -0.05) is 19.1 Å². The first-order valence-electron chi connectivity index (χ1n) is 9.82. The van der Waals surface area contributed by atoms with Gasteiger partial charge in [-0.2, -0.15) is 0 Å². The summed E-state index contributed by atoms with van der Waals surface area (Å²) in [7, 11) is 0. The minimum Gasteiger partial charge on any atom is -0.376 e. The molecule has 1 aromatic carbocycles. The second-order valence-electron chi connectivity index (χ2n) is 7.11. The van der Waals surface area contributed by atoms with E-state index in [1.807, 2.05) is 6.07 Å². The van der Waals surface area contributed by atoms with E-state index in [9.17, 15) is 9.18 Å². The number of ether oxygens (including phenoxy) is 1. The van der Waals surface area contributed by atoms with Crippen molar-refractivity contribution in [1.29, 1.82) is 0 Å². The maximum atomic E-state index is 13.3. The van der Waals surface area contributed by atoms with Crippen molar-refractivity contribution in [2.75, 3.05) is 11.9 Å². The Morgan fingerprint density at radius 1 is 1.32 bits per heavy atom. The molecule has 150 valence electrons. The van der Waals surface area contributed by atoms with Gasteiger partial charge in [-0.25, -0.2) is 14.4 Å². The number of carbonyl (C=O) groups excluding carboxylic acids is 1. The molecule has 0 radical (unpaired) electrons. The van der Waals surface area contributed by atoms with Crippen LogP contribution in [-0.4, -0.2) is 34.6 Å². The van der Waals surface area contributed by atoms with E-state index < -0.39 is 0 Å². The van der Waals surface area contributed by atoms with Crippen LogP contribution in [0.5, 0.6) is 0 Å². The van der Waals surface area contributed by atoms with Crippen LogP contribution in [0.4, 0.5) is 10.2 Å². The zero-order chi connectivity index (χ0) is 19.8. The molecule has 1 aromatic heterocycles. The van der Waals surface area contributed by atoms with Gasteiger partial charge in [-0.15, -0.1) is 0 Å². The summed E-state index contributed by atoms with van der Waals surface area (Å²) in [6, 6.07) is 8.22. The van der Waals surface area contributed by atoms with Crippen LogP contribution in [0.2, 0.25) is 0 Å². The molecule has 0 saturated heterocycles. The Labute approximate surface area is 164 Å². The van der Waals surface area contributed by atoms with Crippen LogP contribution < -0.4 is 10.6 Å². The van der Waals surface area contributed by atoms with E-state index in [1.165, 1.54) is 18.5 Å². The Balaban J connectivity index is 1.57. The summed E-state index contributed by atoms with van der Waals surface area (Å²) in [6.45, 7) is 3.05. The number of halogens is 1. The van der Waals surface area contributed by atoms with E-state index in [4.69, 9.17) is 4.74 Å². The third-order valence-electron chi connectivity index (χ3n) is 4.97. The molecule has 1 aliphatic rings. The number of benzene rings is 1. The summed E-state index contributed by atoms with van der Waals surface area (Å²) in [6.07, 6.45) is 6.30. The van der Waals surface area contributed by atoms with Crippen molar-refractivity contribution in [2.24, 2.45) is 5.92 Å². The highest BCUT2D eigenvalue weighted by Gasteiger charge is 2.34. The fourth-order valence-corrected chi connectivity index (χ4v) is 3.53. The van der Waals surface area contributed by atoms with Crippen molar-refractivity contribution in [2.45, 2.75) is 51.3 Å². The molecule has 2 N–H and O–H groups in total. The summed E-state index contributed by atoms with van der Waals surface area (Å²) in [4.78, 5) is 20.8. The number of carbonyl (C=O) groups is 1. The van der Waals surface area contributed by atoms with Gasteiger partial charge < -0.3 is 15.4 Å². The highest BCUT2D eigenvalue weighted by molar-refractivity contribution is 5.78. The van der Waals surface area contributed by atoms with E-state index >= 15 is 0 Å². The van der Waals surface area contributed by atoms with Gasteiger partial charge in [-0.3, -0.25) is 4.79 Å². The molecule has 1 fully saturated rings. The highest BCUT2D eigenvalue weighted by Crippen LogP contribution is 2.29. The highest BCUT2D eigenvalue weighted by atomic mass is 19.1. The molecule has 28 heavy (non-hydrogen) atoms. The number of hydrogen-bond donors (Lipinski definition) is 2. The molecule has 3 atom stereocenters. The van der Waals surface area contributed by atoms with Crippen LogP contribution in [0.3, 0.4) is 0 Å². The van der Waals surface area contributed by atoms with Crippen molar-refractivity contribution in [1.82, 2.24) is 15.3 Å². The minimum absolute atomic E-state index is 0.00477. The van der Waals surface area contributed by atoms with Crippen molar-refractivity contribution in [3.8, 4) is 0 Å². The molecule has 7 heteroatoms. The Hall–Kier alpha value is -2.54. The maximum absolute atomic E-state index is 13.3. The lowest BCUT2D eigenvalue weighted by Crippen LogP contribution is -2.45. The van der Waals surface area contributed by atoms with Crippen molar-refractivity contribution in [3.63, 3.8) is 0 Å². The molecule has 2 aromatic rings. The fourth-order valence-electron chi connectivity index (χ4n) is 3.53. The first-order valence-corrected chi connectivity index (χ1v) is 9.82. The molecule has 0 unspecified atom stereocenters. The number of nitrogens with zero attached hydrogens (tertiary/aromatic N) is 2. The van der Waals surface area contributed by atoms with E-state index in [2.05, 4.69) is 27.5 Å². The summed E-state index contributed by atoms with van der Waals surface area (Å²) < 4.78 is 19.3. The monoisotopic (exact) mass is 386 g/mol. The number of rotatable bonds is 8. The number of amides is 1. The summed E-state index contributed by atoms with van der Waals surface area (Å²) >= 11 is 0. The quantitative estimate of drug-likeness (QED) is 0.728. The standard InChI is InChI=1S/C21H27FN4O2/c1-2-10-28-19-12-16(6-7-18(19)26-20-8-9-23-14-25-20)21(27)24-13-15-4-3-5-17(22)11-15/h3-5,8-9,11,14,16,18-19H,2,6-7,10,12-13H2,1H3,(H,24,27)(H,23,25,26)/t16-,18-,19-/m0/s1. The first kappa shape index (κ1) is 20.2. The minimum atomic E-state index is -0.295. The molecule has 0 bridgehead atoms. The van der Waals surface area contributed by atoms with Gasteiger partial charge >= 0.3 is 0 Å². The number of nitrogens with one attached hydrogen (secondary N) is 2. The van der Waals surface area contributed by atoms with Crippen LogP contribution >= 0.6 is 0 Å². The number of anilines is 1. The molecule has 1 heterocycles. The lowest BCUT2D eigenvalue weighted by molar-refractivity contribution is -0.128. The Bertz CT molecular complexity index is 759. The first-order chi connectivity index (χ1) is 13.7. The predicted molar refractivity (Wildman–Crippen MR) is 105 cm³/mol. The van der Waals surface area contributed by atoms with Crippen LogP contribution in [0.15, 0.2) is 42.9 Å². The molecule has 0 aliphatic heterocycles. The van der Waals surface area contributed by atoms with Crippen molar-refractivity contribution < 1.29 is 13.9 Å². The normalized spacial score (nSPS) is 21.9. The molecular formula is C21H27FN4O2. The lowest BCUT2D eigenvalue weighted by Gasteiger charge is -2.36. The summed E-state index contributed by atoms with van der Waals surface area (Å²) in [5.41, 5.74) is 0.756. The lowest BCUT2D eigenvalue weighted by atomic mass is 9.83. The van der Waals surface area contributed by atoms with Gasteiger partial charge in [0, 0.05) is 25.3 Å². The Morgan fingerprint density at radius 2 is 2.21 bits per heavy atom. The molecule has 0 spiro atoms. The van der Waals surface area contributed by atoms with Crippen LogP contribution in [0, 0.1) is 11.7 Å². The predicted octanol–water partition coefficient (Wildman–Crippen LogP) is 3.31. The van der Waals surface area contributed by atoms with E-state index in [-0.39, 0.29) is 29.8 Å². The largest absolute Gasteiger partial charge is 0.376 e. The zero-order valence-electron chi connectivity index (χ0n) is 16.1. The van der Waals surface area contributed by atoms with Crippen molar-refractivity contribution >= 4 is 11.7 Å². The third kappa shape index (κ3) is 5.73. The second-order valence-corrected chi connectivity index (χ2v) is 7.11. The van der Waals surface area contributed by atoms with Crippen molar-refractivity contribution in [3.05, 3.63) is 54.2 Å². The molecule has 1 amide bonds. The maximum Gasteiger partial charge on any atom is 0.223 e. The van der Waals surface area contributed by atoms with E-state index in [1.54, 1.807) is 18.3 Å². The van der Waals surface area contributed by atoms with Crippen LogP contribution in [0.1, 0.15) is 38.2 Å². The topological polar surface area (TPSA) is 76.1 Å². The molecular weight excluding hydrogens is 359 g/mol. The Morgan fingerprint density at radius 3 is 2.96 bits per heavy atom. The third-order valence-corrected chi connectivity index (χ3v) is 4.97. The molecule has 1 saturated carbocycles. The fraction of sp³-hybridized carbons (Fsp3) is 0.476.